The Morgan fingerprint density at radius 2 is 2.24 bits per heavy atom. The third-order valence-electron chi connectivity index (χ3n) is 4.66. The number of rotatable bonds is 4. The molecule has 1 aromatic carbocycles. The van der Waals surface area contributed by atoms with Crippen molar-refractivity contribution in [3.63, 3.8) is 0 Å². The Balaban J connectivity index is 1.47. The lowest BCUT2D eigenvalue weighted by Gasteiger charge is -2.14. The maximum atomic E-state index is 12.7. The summed E-state index contributed by atoms with van der Waals surface area (Å²) in [7, 11) is 0. The predicted octanol–water partition coefficient (Wildman–Crippen LogP) is 3.70. The van der Waals surface area contributed by atoms with Crippen LogP contribution in [0.2, 0.25) is 0 Å². The summed E-state index contributed by atoms with van der Waals surface area (Å²) in [6, 6.07) is 6.12. The van der Waals surface area contributed by atoms with E-state index in [-0.39, 0.29) is 18.4 Å². The number of hydrogen-bond acceptors (Lipinski definition) is 4. The van der Waals surface area contributed by atoms with Gasteiger partial charge in [0.2, 0.25) is 5.91 Å². The van der Waals surface area contributed by atoms with Crippen molar-refractivity contribution in [3.05, 3.63) is 52.5 Å². The number of aromatic nitrogens is 1. The molecule has 2 aromatic rings. The first kappa shape index (κ1) is 16.0. The molecule has 5 nitrogen and oxygen atoms in total. The molecule has 25 heavy (non-hydrogen) atoms. The van der Waals surface area contributed by atoms with Crippen molar-refractivity contribution in [1.29, 1.82) is 0 Å². The second-order valence-corrected chi connectivity index (χ2v) is 7.29. The van der Waals surface area contributed by atoms with Crippen LogP contribution >= 0.6 is 11.3 Å². The van der Waals surface area contributed by atoms with E-state index in [4.69, 9.17) is 0 Å². The first-order chi connectivity index (χ1) is 12.2. The number of nitrogens with zero attached hydrogens (tertiary/aromatic N) is 2. The fraction of sp³-hybridized carbons (Fsp3) is 0.316. The van der Waals surface area contributed by atoms with Gasteiger partial charge in [-0.25, -0.2) is 4.98 Å². The lowest BCUT2D eigenvalue weighted by Crippen LogP contribution is -2.33. The minimum atomic E-state index is -0.216. The van der Waals surface area contributed by atoms with Crippen LogP contribution in [0, 0.1) is 0 Å². The molecule has 6 heteroatoms. The van der Waals surface area contributed by atoms with E-state index in [2.05, 4.69) is 22.4 Å². The SMILES string of the molecule is O=C(CN1Cc2ccc(C3=CCCCC3)cc2C1=O)Nc1nccs1. The normalized spacial score (nSPS) is 16.6. The predicted molar refractivity (Wildman–Crippen MR) is 98.4 cm³/mol. The molecule has 0 spiro atoms. The van der Waals surface area contributed by atoms with Gasteiger partial charge in [0, 0.05) is 23.7 Å². The summed E-state index contributed by atoms with van der Waals surface area (Å²) >= 11 is 1.36. The third kappa shape index (κ3) is 3.35. The molecule has 0 saturated heterocycles. The lowest BCUT2D eigenvalue weighted by molar-refractivity contribution is -0.116. The molecule has 2 amide bonds. The van der Waals surface area contributed by atoms with Crippen LogP contribution in [0.4, 0.5) is 5.13 Å². The summed E-state index contributed by atoms with van der Waals surface area (Å²) in [5.74, 6) is -0.283. The highest BCUT2D eigenvalue weighted by Gasteiger charge is 2.29. The topological polar surface area (TPSA) is 62.3 Å². The van der Waals surface area contributed by atoms with Crippen LogP contribution in [0.25, 0.3) is 5.57 Å². The molecule has 0 unspecified atom stereocenters. The largest absolute Gasteiger partial charge is 0.325 e. The first-order valence-electron chi connectivity index (χ1n) is 8.51. The summed E-state index contributed by atoms with van der Waals surface area (Å²) in [6.45, 7) is 0.532. The monoisotopic (exact) mass is 353 g/mol. The zero-order chi connectivity index (χ0) is 17.2. The van der Waals surface area contributed by atoms with E-state index in [0.29, 0.717) is 11.7 Å². The fourth-order valence-electron chi connectivity index (χ4n) is 3.41. The van der Waals surface area contributed by atoms with Gasteiger partial charge in [0.15, 0.2) is 5.13 Å². The Morgan fingerprint density at radius 3 is 3.00 bits per heavy atom. The smallest absolute Gasteiger partial charge is 0.254 e. The van der Waals surface area contributed by atoms with Crippen LogP contribution in [0.15, 0.2) is 35.9 Å². The van der Waals surface area contributed by atoms with Gasteiger partial charge in [0.1, 0.15) is 6.54 Å². The molecule has 4 rings (SSSR count). The molecule has 1 N–H and O–H groups in total. The number of carbonyl (C=O) groups excluding carboxylic acids is 2. The maximum Gasteiger partial charge on any atom is 0.254 e. The van der Waals surface area contributed by atoms with Crippen molar-refractivity contribution in [1.82, 2.24) is 9.88 Å². The molecule has 0 bridgehead atoms. The molecule has 0 atom stereocenters. The maximum absolute atomic E-state index is 12.7. The number of amides is 2. The van der Waals surface area contributed by atoms with Crippen LogP contribution in [0.5, 0.6) is 0 Å². The molecular formula is C19H19N3O2S. The highest BCUT2D eigenvalue weighted by atomic mass is 32.1. The molecular weight excluding hydrogens is 334 g/mol. The van der Waals surface area contributed by atoms with Gasteiger partial charge >= 0.3 is 0 Å². The molecule has 1 aliphatic heterocycles. The second kappa shape index (κ2) is 6.80. The Kier molecular flexibility index (Phi) is 4.36. The van der Waals surface area contributed by atoms with Gasteiger partial charge in [-0.05, 0) is 48.4 Å². The number of thiazole rings is 1. The van der Waals surface area contributed by atoms with Crippen molar-refractivity contribution < 1.29 is 9.59 Å². The summed E-state index contributed by atoms with van der Waals surface area (Å²) in [6.07, 6.45) is 8.56. The van der Waals surface area contributed by atoms with Gasteiger partial charge < -0.3 is 10.2 Å². The van der Waals surface area contributed by atoms with Gasteiger partial charge in [-0.1, -0.05) is 18.2 Å². The van der Waals surface area contributed by atoms with E-state index in [9.17, 15) is 9.59 Å². The quantitative estimate of drug-likeness (QED) is 0.912. The fourth-order valence-corrected chi connectivity index (χ4v) is 3.95. The minimum absolute atomic E-state index is 0.0467. The molecule has 0 saturated carbocycles. The number of allylic oxidation sites excluding steroid dienone is 2. The van der Waals surface area contributed by atoms with Gasteiger partial charge in [-0.3, -0.25) is 9.59 Å². The third-order valence-corrected chi connectivity index (χ3v) is 5.35. The Bertz CT molecular complexity index is 842. The minimum Gasteiger partial charge on any atom is -0.325 e. The zero-order valence-corrected chi connectivity index (χ0v) is 14.6. The first-order valence-corrected chi connectivity index (χ1v) is 9.39. The number of fused-ring (bicyclic) bond motifs is 1. The van der Waals surface area contributed by atoms with E-state index in [0.717, 1.165) is 29.5 Å². The average molecular weight is 353 g/mol. The molecule has 0 radical (unpaired) electrons. The van der Waals surface area contributed by atoms with Crippen molar-refractivity contribution in [3.8, 4) is 0 Å². The van der Waals surface area contributed by atoms with Crippen LogP contribution < -0.4 is 5.32 Å². The highest BCUT2D eigenvalue weighted by Crippen LogP contribution is 2.31. The average Bonchev–Trinajstić information content (AvgIpc) is 3.24. The second-order valence-electron chi connectivity index (χ2n) is 6.39. The summed E-state index contributed by atoms with van der Waals surface area (Å²) < 4.78 is 0. The lowest BCUT2D eigenvalue weighted by atomic mass is 9.92. The van der Waals surface area contributed by atoms with Crippen LogP contribution in [0.1, 0.15) is 47.2 Å². The van der Waals surface area contributed by atoms with Crippen molar-refractivity contribution in [2.75, 3.05) is 11.9 Å². The highest BCUT2D eigenvalue weighted by molar-refractivity contribution is 7.13. The van der Waals surface area contributed by atoms with E-state index in [1.54, 1.807) is 16.5 Å². The number of benzene rings is 1. The molecule has 1 aromatic heterocycles. The van der Waals surface area contributed by atoms with E-state index >= 15 is 0 Å². The molecule has 128 valence electrons. The van der Waals surface area contributed by atoms with Crippen LogP contribution in [-0.4, -0.2) is 28.2 Å². The van der Waals surface area contributed by atoms with Crippen molar-refractivity contribution in [2.45, 2.75) is 32.2 Å². The molecule has 0 fully saturated rings. The van der Waals surface area contributed by atoms with Crippen molar-refractivity contribution >= 4 is 33.9 Å². The molecule has 2 aliphatic rings. The summed E-state index contributed by atoms with van der Waals surface area (Å²) in [5.41, 5.74) is 4.20. The van der Waals surface area contributed by atoms with Gasteiger partial charge in [-0.15, -0.1) is 11.3 Å². The van der Waals surface area contributed by atoms with Crippen molar-refractivity contribution in [2.24, 2.45) is 0 Å². The van der Waals surface area contributed by atoms with Gasteiger partial charge in [0.05, 0.1) is 0 Å². The number of anilines is 1. The van der Waals surface area contributed by atoms with E-state index < -0.39 is 0 Å². The Hall–Kier alpha value is -2.47. The molecule has 2 heterocycles. The number of nitrogens with one attached hydrogen (secondary N) is 1. The number of hydrogen-bond donors (Lipinski definition) is 1. The summed E-state index contributed by atoms with van der Waals surface area (Å²) in [4.78, 5) is 30.4. The standard InChI is InChI=1S/C19H19N3O2S/c23-17(21-19-20-8-9-25-19)12-22-11-15-7-6-14(10-16(15)18(22)24)13-4-2-1-3-5-13/h4,6-10H,1-3,5,11-12H2,(H,20,21,23). The summed E-state index contributed by atoms with van der Waals surface area (Å²) in [5, 5.41) is 5.08. The molecule has 1 aliphatic carbocycles. The number of carbonyl (C=O) groups is 2. The van der Waals surface area contributed by atoms with E-state index in [1.807, 2.05) is 12.1 Å². The van der Waals surface area contributed by atoms with Crippen LogP contribution in [0.3, 0.4) is 0 Å². The van der Waals surface area contributed by atoms with Gasteiger partial charge in [0.25, 0.3) is 5.91 Å². The zero-order valence-electron chi connectivity index (χ0n) is 13.8. The van der Waals surface area contributed by atoms with Gasteiger partial charge in [-0.2, -0.15) is 0 Å². The Labute approximate surface area is 150 Å². The van der Waals surface area contributed by atoms with E-state index in [1.165, 1.54) is 29.8 Å². The van der Waals surface area contributed by atoms with Crippen LogP contribution in [-0.2, 0) is 11.3 Å². The Morgan fingerprint density at radius 1 is 1.32 bits per heavy atom.